The van der Waals surface area contributed by atoms with E-state index in [0.29, 0.717) is 16.5 Å². The molecule has 4 atom stereocenters. The Morgan fingerprint density at radius 1 is 1.16 bits per heavy atom. The van der Waals surface area contributed by atoms with Gasteiger partial charge >= 0.3 is 18.2 Å². The van der Waals surface area contributed by atoms with Crippen molar-refractivity contribution in [3.8, 4) is 0 Å². The zero-order chi connectivity index (χ0) is 27.3. The average molecular weight is 512 g/mol. The Morgan fingerprint density at radius 2 is 1.84 bits per heavy atom. The van der Waals surface area contributed by atoms with Gasteiger partial charge in [-0.1, -0.05) is 24.2 Å². The molecule has 1 aromatic carbocycles. The Labute approximate surface area is 214 Å². The molecule has 2 aromatic rings. The number of rotatable bonds is 2. The van der Waals surface area contributed by atoms with E-state index in [1.54, 1.807) is 53.8 Å². The summed E-state index contributed by atoms with van der Waals surface area (Å²) in [5.41, 5.74) is 8.92. The number of amides is 3. The number of azide groups is 1. The first-order chi connectivity index (χ1) is 17.2. The SMILES string of the molecule is C[C@H]1c2cccc3c2c(cn3C(=O)OC(C)(C)C)[C@@H](N=[N+]=[N-])[C@H](NC(=O)OC(C)(C)C)[C@]12CNC(=O)N2. The van der Waals surface area contributed by atoms with Gasteiger partial charge in [0.2, 0.25) is 0 Å². The zero-order valence-electron chi connectivity index (χ0n) is 22.1. The maximum absolute atomic E-state index is 13.2. The van der Waals surface area contributed by atoms with Crippen LogP contribution in [0.1, 0.15) is 71.6 Å². The van der Waals surface area contributed by atoms with Crippen LogP contribution in [0.2, 0.25) is 0 Å². The average Bonchev–Trinajstić information content (AvgIpc) is 3.33. The molecule has 1 aliphatic heterocycles. The highest BCUT2D eigenvalue weighted by Crippen LogP contribution is 2.48. The lowest BCUT2D eigenvalue weighted by atomic mass is 9.74. The van der Waals surface area contributed by atoms with E-state index >= 15 is 0 Å². The lowest BCUT2D eigenvalue weighted by Crippen LogP contribution is -2.64. The van der Waals surface area contributed by atoms with Crippen LogP contribution in [-0.4, -0.2) is 52.1 Å². The first-order valence-corrected chi connectivity index (χ1v) is 12.1. The van der Waals surface area contributed by atoms with Crippen molar-refractivity contribution in [2.24, 2.45) is 5.11 Å². The van der Waals surface area contributed by atoms with Crippen LogP contribution in [0.5, 0.6) is 0 Å². The van der Waals surface area contributed by atoms with Crippen LogP contribution in [-0.2, 0) is 9.47 Å². The topological polar surface area (TPSA) is 159 Å². The summed E-state index contributed by atoms with van der Waals surface area (Å²) in [4.78, 5) is 41.8. The second kappa shape index (κ2) is 8.88. The van der Waals surface area contributed by atoms with E-state index in [2.05, 4.69) is 26.0 Å². The number of nitrogens with zero attached hydrogens (tertiary/aromatic N) is 4. The number of hydrogen-bond acceptors (Lipinski definition) is 6. The van der Waals surface area contributed by atoms with E-state index in [-0.39, 0.29) is 12.5 Å². The third-order valence-corrected chi connectivity index (χ3v) is 6.65. The number of hydrogen-bond donors (Lipinski definition) is 3. The molecule has 3 amide bonds. The van der Waals surface area contributed by atoms with E-state index in [0.717, 1.165) is 5.56 Å². The van der Waals surface area contributed by atoms with Gasteiger partial charge in [-0.2, -0.15) is 0 Å². The van der Waals surface area contributed by atoms with Gasteiger partial charge in [0, 0.05) is 29.0 Å². The third kappa shape index (κ3) is 4.76. The molecular formula is C25H33N7O5. The van der Waals surface area contributed by atoms with Gasteiger partial charge < -0.3 is 25.4 Å². The molecule has 1 fully saturated rings. The predicted molar refractivity (Wildman–Crippen MR) is 136 cm³/mol. The first-order valence-electron chi connectivity index (χ1n) is 12.1. The molecule has 4 rings (SSSR count). The number of urea groups is 1. The number of aromatic nitrogens is 1. The summed E-state index contributed by atoms with van der Waals surface area (Å²) in [6.07, 6.45) is 0.273. The van der Waals surface area contributed by atoms with Crippen LogP contribution < -0.4 is 16.0 Å². The summed E-state index contributed by atoms with van der Waals surface area (Å²) in [6.45, 7) is 12.6. The minimum Gasteiger partial charge on any atom is -0.444 e. The van der Waals surface area contributed by atoms with Crippen molar-refractivity contribution in [1.29, 1.82) is 0 Å². The quantitative estimate of drug-likeness (QED) is 0.298. The Bertz CT molecular complexity index is 1320. The fourth-order valence-electron chi connectivity index (χ4n) is 5.20. The summed E-state index contributed by atoms with van der Waals surface area (Å²) in [7, 11) is 0. The molecule has 2 aliphatic rings. The summed E-state index contributed by atoms with van der Waals surface area (Å²) >= 11 is 0. The molecule has 37 heavy (non-hydrogen) atoms. The Morgan fingerprint density at radius 3 is 2.41 bits per heavy atom. The van der Waals surface area contributed by atoms with Crippen LogP contribution in [0.25, 0.3) is 21.3 Å². The number of nitrogens with one attached hydrogen (secondary N) is 3. The van der Waals surface area contributed by atoms with Crippen LogP contribution in [0, 0.1) is 0 Å². The summed E-state index contributed by atoms with van der Waals surface area (Å²) in [6, 6.07) is 3.20. The maximum Gasteiger partial charge on any atom is 0.419 e. The van der Waals surface area contributed by atoms with Crippen LogP contribution in [0.3, 0.4) is 0 Å². The van der Waals surface area contributed by atoms with E-state index in [4.69, 9.17) is 9.47 Å². The number of carbonyl (C=O) groups excluding carboxylic acids is 3. The molecule has 0 saturated carbocycles. The number of benzene rings is 1. The maximum atomic E-state index is 13.2. The van der Waals surface area contributed by atoms with Crippen LogP contribution in [0.4, 0.5) is 14.4 Å². The normalized spacial score (nSPS) is 25.1. The molecule has 0 radical (unpaired) electrons. The van der Waals surface area contributed by atoms with Crippen molar-refractivity contribution in [3.05, 3.63) is 46.0 Å². The molecule has 0 bridgehead atoms. The van der Waals surface area contributed by atoms with E-state index in [1.807, 2.05) is 19.1 Å². The standard InChI is InChI=1S/C25H33N7O5/c1-13-14-9-8-10-16-17(14)15(11-32(16)22(35)37-24(5,6)7)18(30-31-26)19(25(13)12-27-20(33)29-25)28-21(34)36-23(2,3)4/h8-11,13,18-19H,12H2,1-7H3,(H,28,34)(H2,27,29,33)/t13-,18+,19-,25-/m0/s1. The monoisotopic (exact) mass is 511 g/mol. The van der Waals surface area contributed by atoms with Crippen LogP contribution in [0.15, 0.2) is 29.5 Å². The summed E-state index contributed by atoms with van der Waals surface area (Å²) in [5.74, 6) is -0.373. The Balaban J connectivity index is 1.96. The van der Waals surface area contributed by atoms with Crippen molar-refractivity contribution >= 4 is 29.1 Å². The molecule has 1 saturated heterocycles. The highest BCUT2D eigenvalue weighted by molar-refractivity contribution is 5.96. The molecule has 1 spiro atoms. The Kier molecular flexibility index (Phi) is 6.28. The van der Waals surface area contributed by atoms with Gasteiger partial charge in [-0.15, -0.1) is 0 Å². The lowest BCUT2D eigenvalue weighted by molar-refractivity contribution is 0.0450. The van der Waals surface area contributed by atoms with Gasteiger partial charge in [0.05, 0.1) is 23.1 Å². The molecule has 1 aliphatic carbocycles. The summed E-state index contributed by atoms with van der Waals surface area (Å²) < 4.78 is 12.5. The molecule has 3 N–H and O–H groups in total. The van der Waals surface area contributed by atoms with Gasteiger partial charge in [0.15, 0.2) is 0 Å². The molecule has 2 heterocycles. The number of alkyl carbamates (subject to hydrolysis) is 1. The van der Waals surface area contributed by atoms with Crippen molar-refractivity contribution in [2.75, 3.05) is 6.54 Å². The largest absolute Gasteiger partial charge is 0.444 e. The van der Waals surface area contributed by atoms with Crippen molar-refractivity contribution in [2.45, 2.75) is 83.2 Å². The fourth-order valence-corrected chi connectivity index (χ4v) is 5.20. The molecule has 12 heteroatoms. The smallest absolute Gasteiger partial charge is 0.419 e. The van der Waals surface area contributed by atoms with Gasteiger partial charge in [-0.3, -0.25) is 4.57 Å². The van der Waals surface area contributed by atoms with Crippen molar-refractivity contribution in [1.82, 2.24) is 20.5 Å². The van der Waals surface area contributed by atoms with Crippen molar-refractivity contribution in [3.63, 3.8) is 0 Å². The molecular weight excluding hydrogens is 478 g/mol. The second-order valence-corrected chi connectivity index (χ2v) is 11.5. The van der Waals surface area contributed by atoms with Gasteiger partial charge in [0.1, 0.15) is 11.2 Å². The zero-order valence-corrected chi connectivity index (χ0v) is 22.1. The molecule has 0 unspecified atom stereocenters. The molecule has 1 aromatic heterocycles. The minimum atomic E-state index is -1.07. The second-order valence-electron chi connectivity index (χ2n) is 11.5. The summed E-state index contributed by atoms with van der Waals surface area (Å²) in [5, 5.41) is 13.5. The number of ether oxygens (including phenoxy) is 2. The van der Waals surface area contributed by atoms with E-state index < -0.39 is 47.0 Å². The first kappa shape index (κ1) is 26.2. The van der Waals surface area contributed by atoms with Crippen molar-refractivity contribution < 1.29 is 23.9 Å². The third-order valence-electron chi connectivity index (χ3n) is 6.65. The molecule has 198 valence electrons. The lowest BCUT2D eigenvalue weighted by Gasteiger charge is -2.42. The number of carbonyl (C=O) groups is 3. The highest BCUT2D eigenvalue weighted by Gasteiger charge is 2.55. The van der Waals surface area contributed by atoms with Gasteiger partial charge in [0.25, 0.3) is 0 Å². The van der Waals surface area contributed by atoms with E-state index in [9.17, 15) is 19.9 Å². The highest BCUT2D eigenvalue weighted by atomic mass is 16.6. The molecule has 12 nitrogen and oxygen atoms in total. The predicted octanol–water partition coefficient (Wildman–Crippen LogP) is 4.84. The van der Waals surface area contributed by atoms with Crippen LogP contribution >= 0.6 is 0 Å². The van der Waals surface area contributed by atoms with Gasteiger partial charge in [-0.05, 0) is 64.3 Å². The van der Waals surface area contributed by atoms with E-state index in [1.165, 1.54) is 4.57 Å². The van der Waals surface area contributed by atoms with Gasteiger partial charge in [-0.25, -0.2) is 14.4 Å². The minimum absolute atomic E-state index is 0.164. The Hall–Kier alpha value is -3.92. The fraction of sp³-hybridized carbons (Fsp3) is 0.560.